The Kier molecular flexibility index (Phi) is 7.07. The number of methoxy groups -OCH3 is 2. The van der Waals surface area contributed by atoms with Crippen LogP contribution in [0.2, 0.25) is 0 Å². The fourth-order valence-corrected chi connectivity index (χ4v) is 6.45. The molecule has 2 aliphatic rings. The van der Waals surface area contributed by atoms with Gasteiger partial charge in [-0.1, -0.05) is 54.6 Å². The molecule has 3 aromatic rings. The Hall–Kier alpha value is -2.86. The second-order valence-electron chi connectivity index (χ2n) is 10.6. The van der Waals surface area contributed by atoms with Gasteiger partial charge in [0, 0.05) is 5.41 Å². The highest BCUT2D eigenvalue weighted by Gasteiger charge is 2.55. The average Bonchev–Trinajstić information content (AvgIpc) is 2.94. The summed E-state index contributed by atoms with van der Waals surface area (Å²) in [6.45, 7) is 2.74. The maximum absolute atomic E-state index is 10.6. The number of hydrogen-bond donors (Lipinski definition) is 2. The Morgan fingerprint density at radius 3 is 1.72 bits per heavy atom. The van der Waals surface area contributed by atoms with Crippen molar-refractivity contribution in [2.24, 2.45) is 10.8 Å². The lowest BCUT2D eigenvalue weighted by Gasteiger charge is -2.58. The number of aliphatic hydroxyl groups excluding tert-OH is 1. The van der Waals surface area contributed by atoms with Crippen LogP contribution in [-0.2, 0) is 10.3 Å². The van der Waals surface area contributed by atoms with Gasteiger partial charge in [-0.3, -0.25) is 0 Å². The van der Waals surface area contributed by atoms with Crippen LogP contribution in [0.3, 0.4) is 0 Å². The number of rotatable bonds is 9. The summed E-state index contributed by atoms with van der Waals surface area (Å²) >= 11 is 0. The van der Waals surface area contributed by atoms with Crippen LogP contribution >= 0.6 is 0 Å². The lowest BCUT2D eigenvalue weighted by atomic mass is 9.50. The van der Waals surface area contributed by atoms with Crippen molar-refractivity contribution in [1.29, 1.82) is 0 Å². The summed E-state index contributed by atoms with van der Waals surface area (Å²) in [6.07, 6.45) is 4.37. The van der Waals surface area contributed by atoms with Crippen LogP contribution < -0.4 is 14.8 Å². The molecule has 1 saturated heterocycles. The van der Waals surface area contributed by atoms with Crippen LogP contribution in [0, 0.1) is 10.8 Å². The van der Waals surface area contributed by atoms with Gasteiger partial charge in [0.15, 0.2) is 0 Å². The Bertz CT molecular complexity index is 1070. The van der Waals surface area contributed by atoms with Gasteiger partial charge < -0.3 is 24.6 Å². The standard InChI is InChI=1S/C31H37NO4/c1-34-27-12-8-25(9-13-27)31(24-6-4-3-5-7-24,26-10-14-28(35-2)15-11-26)36-23-30(22-33)20-29(21-30)16-18-32-19-17-29/h3-15,32-33H,16-23H2,1-2H3. The van der Waals surface area contributed by atoms with Crippen LogP contribution in [0.15, 0.2) is 78.9 Å². The largest absolute Gasteiger partial charge is 0.497 e. The van der Waals surface area contributed by atoms with Gasteiger partial charge >= 0.3 is 0 Å². The van der Waals surface area contributed by atoms with E-state index in [9.17, 15) is 5.11 Å². The lowest BCUT2D eigenvalue weighted by molar-refractivity contribution is -0.154. The van der Waals surface area contributed by atoms with Crippen LogP contribution in [0.1, 0.15) is 42.4 Å². The number of ether oxygens (including phenoxy) is 3. The molecule has 36 heavy (non-hydrogen) atoms. The van der Waals surface area contributed by atoms with Crippen LogP contribution in [0.4, 0.5) is 0 Å². The summed E-state index contributed by atoms with van der Waals surface area (Å²) in [7, 11) is 3.36. The molecule has 2 N–H and O–H groups in total. The first-order valence-electron chi connectivity index (χ1n) is 12.9. The number of piperidine rings is 1. The van der Waals surface area contributed by atoms with Crippen molar-refractivity contribution < 1.29 is 19.3 Å². The molecule has 0 amide bonds. The van der Waals surface area contributed by atoms with Crippen molar-refractivity contribution in [3.8, 4) is 11.5 Å². The fraction of sp³-hybridized carbons (Fsp3) is 0.419. The van der Waals surface area contributed by atoms with E-state index in [0.29, 0.717) is 12.0 Å². The van der Waals surface area contributed by atoms with Crippen molar-refractivity contribution in [3.63, 3.8) is 0 Å². The maximum Gasteiger partial charge on any atom is 0.143 e. The van der Waals surface area contributed by atoms with Gasteiger partial charge in [-0.2, -0.15) is 0 Å². The van der Waals surface area contributed by atoms with E-state index in [-0.39, 0.29) is 12.0 Å². The molecule has 0 unspecified atom stereocenters. The quantitative estimate of drug-likeness (QED) is 0.409. The van der Waals surface area contributed by atoms with Gasteiger partial charge in [0.25, 0.3) is 0 Å². The molecule has 1 aliphatic carbocycles. The first kappa shape index (κ1) is 24.8. The minimum atomic E-state index is -0.848. The molecule has 5 nitrogen and oxygen atoms in total. The van der Waals surface area contributed by atoms with Crippen molar-refractivity contribution in [3.05, 3.63) is 95.6 Å². The van der Waals surface area contributed by atoms with Gasteiger partial charge in [-0.05, 0) is 85.1 Å². The van der Waals surface area contributed by atoms with Gasteiger partial charge in [-0.25, -0.2) is 0 Å². The van der Waals surface area contributed by atoms with E-state index < -0.39 is 5.60 Å². The van der Waals surface area contributed by atoms with E-state index in [1.165, 1.54) is 12.8 Å². The Labute approximate surface area is 214 Å². The Morgan fingerprint density at radius 2 is 1.25 bits per heavy atom. The fourth-order valence-electron chi connectivity index (χ4n) is 6.45. The third-order valence-electron chi connectivity index (χ3n) is 8.27. The normalized spacial score (nSPS) is 18.4. The number of nitrogens with one attached hydrogen (secondary N) is 1. The summed E-state index contributed by atoms with van der Waals surface area (Å²) in [4.78, 5) is 0. The van der Waals surface area contributed by atoms with Gasteiger partial charge in [0.1, 0.15) is 17.1 Å². The molecular weight excluding hydrogens is 450 g/mol. The van der Waals surface area contributed by atoms with Gasteiger partial charge in [0.05, 0.1) is 27.4 Å². The van der Waals surface area contributed by atoms with E-state index >= 15 is 0 Å². The second-order valence-corrected chi connectivity index (χ2v) is 10.6. The van der Waals surface area contributed by atoms with Crippen LogP contribution in [0.25, 0.3) is 0 Å². The van der Waals surface area contributed by atoms with Gasteiger partial charge in [-0.15, -0.1) is 0 Å². The Morgan fingerprint density at radius 1 is 0.750 bits per heavy atom. The molecule has 190 valence electrons. The summed E-state index contributed by atoms with van der Waals surface area (Å²) in [6, 6.07) is 26.6. The molecule has 2 fully saturated rings. The smallest absolute Gasteiger partial charge is 0.143 e. The second kappa shape index (κ2) is 10.3. The SMILES string of the molecule is COc1ccc(C(OCC2(CO)CC3(CCNCC3)C2)(c2ccccc2)c2ccc(OC)cc2)cc1. The molecular formula is C31H37NO4. The highest BCUT2D eigenvalue weighted by Crippen LogP contribution is 2.59. The topological polar surface area (TPSA) is 60.0 Å². The van der Waals surface area contributed by atoms with Crippen molar-refractivity contribution in [2.45, 2.75) is 31.3 Å². The zero-order valence-corrected chi connectivity index (χ0v) is 21.3. The molecule has 5 rings (SSSR count). The van der Waals surface area contributed by atoms with E-state index in [0.717, 1.165) is 54.1 Å². The average molecular weight is 488 g/mol. The molecule has 5 heteroatoms. The van der Waals surface area contributed by atoms with Crippen molar-refractivity contribution in [2.75, 3.05) is 40.5 Å². The molecule has 1 saturated carbocycles. The molecule has 1 heterocycles. The van der Waals surface area contributed by atoms with Crippen LogP contribution in [0.5, 0.6) is 11.5 Å². The zero-order chi connectivity index (χ0) is 25.1. The zero-order valence-electron chi connectivity index (χ0n) is 21.3. The van der Waals surface area contributed by atoms with E-state index in [2.05, 4.69) is 53.8 Å². The molecule has 1 spiro atoms. The first-order chi connectivity index (χ1) is 17.6. The van der Waals surface area contributed by atoms with Crippen molar-refractivity contribution in [1.82, 2.24) is 5.32 Å². The molecule has 1 aliphatic heterocycles. The third kappa shape index (κ3) is 4.52. The molecule has 0 aromatic heterocycles. The highest BCUT2D eigenvalue weighted by atomic mass is 16.5. The summed E-state index contributed by atoms with van der Waals surface area (Å²) in [5, 5.41) is 14.0. The Balaban J connectivity index is 1.56. The minimum absolute atomic E-state index is 0.137. The monoisotopic (exact) mass is 487 g/mol. The molecule has 0 bridgehead atoms. The van der Waals surface area contributed by atoms with Crippen LogP contribution in [-0.4, -0.2) is 45.6 Å². The van der Waals surface area contributed by atoms with Gasteiger partial charge in [0.2, 0.25) is 0 Å². The van der Waals surface area contributed by atoms with Crippen molar-refractivity contribution >= 4 is 0 Å². The predicted molar refractivity (Wildman–Crippen MR) is 142 cm³/mol. The number of hydrogen-bond acceptors (Lipinski definition) is 5. The molecule has 0 atom stereocenters. The number of benzene rings is 3. The predicted octanol–water partition coefficient (Wildman–Crippen LogP) is 5.15. The third-order valence-corrected chi connectivity index (χ3v) is 8.27. The highest BCUT2D eigenvalue weighted by molar-refractivity contribution is 5.49. The first-order valence-corrected chi connectivity index (χ1v) is 12.9. The summed E-state index contributed by atoms with van der Waals surface area (Å²) in [5.41, 5.74) is 2.35. The summed E-state index contributed by atoms with van der Waals surface area (Å²) < 4.78 is 18.0. The lowest BCUT2D eigenvalue weighted by Crippen LogP contribution is -2.56. The minimum Gasteiger partial charge on any atom is -0.497 e. The number of aliphatic hydroxyl groups is 1. The molecule has 0 radical (unpaired) electrons. The van der Waals surface area contributed by atoms with E-state index in [1.807, 2.05) is 30.3 Å². The van der Waals surface area contributed by atoms with E-state index in [4.69, 9.17) is 14.2 Å². The van der Waals surface area contributed by atoms with E-state index in [1.54, 1.807) is 14.2 Å². The molecule has 3 aromatic carbocycles. The maximum atomic E-state index is 10.6. The summed E-state index contributed by atoms with van der Waals surface area (Å²) in [5.74, 6) is 1.60.